The van der Waals surface area contributed by atoms with E-state index in [1.54, 1.807) is 23.5 Å². The van der Waals surface area contributed by atoms with Crippen molar-refractivity contribution >= 4 is 45.6 Å². The maximum Gasteiger partial charge on any atom is 0.158 e. The number of thiazole rings is 1. The number of halogens is 2. The highest BCUT2D eigenvalue weighted by atomic mass is 35.5. The lowest BCUT2D eigenvalue weighted by Gasteiger charge is -1.93. The van der Waals surface area contributed by atoms with Crippen molar-refractivity contribution in [3.63, 3.8) is 0 Å². The summed E-state index contributed by atoms with van der Waals surface area (Å²) in [7, 11) is 0. The fourth-order valence-corrected chi connectivity index (χ4v) is 2.52. The van der Waals surface area contributed by atoms with Crippen molar-refractivity contribution in [2.75, 3.05) is 0 Å². The number of hydrogen-bond acceptors (Lipinski definition) is 3. The predicted octanol–water partition coefficient (Wildman–Crippen LogP) is 4.30. The quantitative estimate of drug-likeness (QED) is 0.723. The van der Waals surface area contributed by atoms with Gasteiger partial charge in [-0.2, -0.15) is 0 Å². The number of hydrogen-bond donors (Lipinski definition) is 1. The van der Waals surface area contributed by atoms with Gasteiger partial charge in [-0.3, -0.25) is 0 Å². The summed E-state index contributed by atoms with van der Waals surface area (Å²) >= 11 is 13.5. The molecule has 2 heterocycles. The SMILES string of the molecule is Cc1nc(-c2nc3cc(Cl)c(Cl)cc3[nH]2)cs1. The minimum atomic E-state index is 0.506. The summed E-state index contributed by atoms with van der Waals surface area (Å²) in [5.74, 6) is 0.739. The lowest BCUT2D eigenvalue weighted by Crippen LogP contribution is -1.79. The number of imidazole rings is 1. The first kappa shape index (κ1) is 11.0. The Balaban J connectivity index is 2.19. The van der Waals surface area contributed by atoms with E-state index in [0.29, 0.717) is 10.0 Å². The first-order valence-electron chi connectivity index (χ1n) is 4.91. The summed E-state index contributed by atoms with van der Waals surface area (Å²) in [5, 5.41) is 4.00. The van der Waals surface area contributed by atoms with Crippen LogP contribution in [0.25, 0.3) is 22.6 Å². The van der Waals surface area contributed by atoms with Crippen LogP contribution in [0, 0.1) is 6.92 Å². The van der Waals surface area contributed by atoms with Gasteiger partial charge in [-0.15, -0.1) is 11.3 Å². The van der Waals surface area contributed by atoms with Gasteiger partial charge in [-0.1, -0.05) is 23.2 Å². The second kappa shape index (κ2) is 3.98. The maximum atomic E-state index is 5.95. The molecule has 6 heteroatoms. The Morgan fingerprint density at radius 1 is 1.18 bits per heavy atom. The van der Waals surface area contributed by atoms with Crippen molar-refractivity contribution in [1.82, 2.24) is 15.0 Å². The number of rotatable bonds is 1. The second-order valence-corrected chi connectivity index (χ2v) is 5.50. The number of nitrogens with one attached hydrogen (secondary N) is 1. The molecule has 0 aliphatic heterocycles. The number of benzene rings is 1. The average molecular weight is 284 g/mol. The zero-order chi connectivity index (χ0) is 12.0. The molecule has 0 atom stereocenters. The van der Waals surface area contributed by atoms with E-state index in [-0.39, 0.29) is 0 Å². The summed E-state index contributed by atoms with van der Waals surface area (Å²) in [6, 6.07) is 3.52. The Morgan fingerprint density at radius 3 is 2.65 bits per heavy atom. The monoisotopic (exact) mass is 283 g/mol. The number of nitrogens with zero attached hydrogens (tertiary/aromatic N) is 2. The van der Waals surface area contributed by atoms with Crippen LogP contribution < -0.4 is 0 Å². The summed E-state index contributed by atoms with van der Waals surface area (Å²) in [6.07, 6.45) is 0. The van der Waals surface area contributed by atoms with Crippen LogP contribution in [-0.2, 0) is 0 Å². The molecule has 1 N–H and O–H groups in total. The fourth-order valence-electron chi connectivity index (χ4n) is 1.60. The van der Waals surface area contributed by atoms with Gasteiger partial charge >= 0.3 is 0 Å². The molecule has 0 unspecified atom stereocenters. The topological polar surface area (TPSA) is 41.6 Å². The van der Waals surface area contributed by atoms with Crippen LogP contribution in [-0.4, -0.2) is 15.0 Å². The molecule has 2 aromatic heterocycles. The van der Waals surface area contributed by atoms with Gasteiger partial charge in [0.1, 0.15) is 5.69 Å². The first-order chi connectivity index (χ1) is 8.13. The van der Waals surface area contributed by atoms with E-state index in [4.69, 9.17) is 23.2 Å². The van der Waals surface area contributed by atoms with Crippen LogP contribution in [0.1, 0.15) is 5.01 Å². The fraction of sp³-hybridized carbons (Fsp3) is 0.0909. The molecule has 0 radical (unpaired) electrons. The van der Waals surface area contributed by atoms with Crippen molar-refractivity contribution < 1.29 is 0 Å². The predicted molar refractivity (Wildman–Crippen MR) is 72.0 cm³/mol. The van der Waals surface area contributed by atoms with Crippen molar-refractivity contribution in [3.05, 3.63) is 32.6 Å². The zero-order valence-corrected chi connectivity index (χ0v) is 11.1. The van der Waals surface area contributed by atoms with Gasteiger partial charge in [-0.25, -0.2) is 9.97 Å². The molecule has 3 aromatic rings. The molecule has 0 fully saturated rings. The Bertz CT molecular complexity index is 663. The number of fused-ring (bicyclic) bond motifs is 1. The Kier molecular flexibility index (Phi) is 2.58. The number of H-pyrrole nitrogens is 1. The summed E-state index contributed by atoms with van der Waals surface area (Å²) in [4.78, 5) is 12.0. The molecule has 0 spiro atoms. The van der Waals surface area contributed by atoms with Crippen molar-refractivity contribution in [1.29, 1.82) is 0 Å². The molecule has 3 rings (SSSR count). The van der Waals surface area contributed by atoms with Crippen molar-refractivity contribution in [2.24, 2.45) is 0 Å². The smallest absolute Gasteiger partial charge is 0.158 e. The maximum absolute atomic E-state index is 5.95. The Labute approximate surface area is 111 Å². The lowest BCUT2D eigenvalue weighted by molar-refractivity contribution is 1.23. The van der Waals surface area contributed by atoms with Crippen molar-refractivity contribution in [3.8, 4) is 11.5 Å². The van der Waals surface area contributed by atoms with Crippen LogP contribution in [0.4, 0.5) is 0 Å². The molecule has 0 bridgehead atoms. The molecule has 0 amide bonds. The number of aromatic nitrogens is 3. The first-order valence-corrected chi connectivity index (χ1v) is 6.54. The largest absolute Gasteiger partial charge is 0.337 e. The lowest BCUT2D eigenvalue weighted by atomic mass is 10.3. The van der Waals surface area contributed by atoms with E-state index in [9.17, 15) is 0 Å². The van der Waals surface area contributed by atoms with E-state index < -0.39 is 0 Å². The van der Waals surface area contributed by atoms with E-state index in [0.717, 1.165) is 27.6 Å². The normalized spacial score (nSPS) is 11.2. The highest BCUT2D eigenvalue weighted by Crippen LogP contribution is 2.28. The number of aromatic amines is 1. The van der Waals surface area contributed by atoms with Gasteiger partial charge in [0.15, 0.2) is 5.82 Å². The van der Waals surface area contributed by atoms with Crippen LogP contribution >= 0.6 is 34.5 Å². The van der Waals surface area contributed by atoms with Crippen LogP contribution in [0.5, 0.6) is 0 Å². The standard InChI is InChI=1S/C11H7Cl2N3S/c1-5-14-10(4-17-5)11-15-8-2-6(12)7(13)3-9(8)16-11/h2-4H,1H3,(H,15,16). The molecule has 0 aliphatic rings. The summed E-state index contributed by atoms with van der Waals surface area (Å²) < 4.78 is 0. The third kappa shape index (κ3) is 1.92. The third-order valence-corrected chi connectivity index (χ3v) is 3.88. The summed E-state index contributed by atoms with van der Waals surface area (Å²) in [6.45, 7) is 1.96. The molecular formula is C11H7Cl2N3S. The van der Waals surface area contributed by atoms with E-state index in [1.165, 1.54) is 0 Å². The molecule has 0 aliphatic carbocycles. The van der Waals surface area contributed by atoms with Crippen LogP contribution in [0.15, 0.2) is 17.5 Å². The van der Waals surface area contributed by atoms with Gasteiger partial charge in [0.25, 0.3) is 0 Å². The van der Waals surface area contributed by atoms with Gasteiger partial charge in [-0.05, 0) is 19.1 Å². The molecule has 3 nitrogen and oxygen atoms in total. The molecule has 86 valence electrons. The van der Waals surface area contributed by atoms with Crippen LogP contribution in [0.3, 0.4) is 0 Å². The van der Waals surface area contributed by atoms with Gasteiger partial charge in [0.2, 0.25) is 0 Å². The average Bonchev–Trinajstić information content (AvgIpc) is 2.85. The minimum absolute atomic E-state index is 0.506. The van der Waals surface area contributed by atoms with E-state index in [1.807, 2.05) is 12.3 Å². The van der Waals surface area contributed by atoms with Gasteiger partial charge < -0.3 is 4.98 Å². The third-order valence-electron chi connectivity index (χ3n) is 2.39. The highest BCUT2D eigenvalue weighted by Gasteiger charge is 2.10. The van der Waals surface area contributed by atoms with E-state index in [2.05, 4.69) is 15.0 Å². The second-order valence-electron chi connectivity index (χ2n) is 3.62. The highest BCUT2D eigenvalue weighted by molar-refractivity contribution is 7.09. The minimum Gasteiger partial charge on any atom is -0.337 e. The summed E-state index contributed by atoms with van der Waals surface area (Å²) in [5.41, 5.74) is 2.50. The van der Waals surface area contributed by atoms with Crippen molar-refractivity contribution in [2.45, 2.75) is 6.92 Å². The molecule has 17 heavy (non-hydrogen) atoms. The Hall–Kier alpha value is -1.10. The molecule has 0 saturated heterocycles. The zero-order valence-electron chi connectivity index (χ0n) is 8.79. The molecule has 0 saturated carbocycles. The van der Waals surface area contributed by atoms with Gasteiger partial charge in [0.05, 0.1) is 26.1 Å². The number of aryl methyl sites for hydroxylation is 1. The van der Waals surface area contributed by atoms with Gasteiger partial charge in [0, 0.05) is 5.38 Å². The Morgan fingerprint density at radius 2 is 1.94 bits per heavy atom. The molecular weight excluding hydrogens is 277 g/mol. The van der Waals surface area contributed by atoms with E-state index >= 15 is 0 Å². The molecule has 1 aromatic carbocycles. The van der Waals surface area contributed by atoms with Crippen LogP contribution in [0.2, 0.25) is 10.0 Å².